The Morgan fingerprint density at radius 1 is 1.00 bits per heavy atom. The number of rotatable bonds is 4. The van der Waals surface area contributed by atoms with Crippen molar-refractivity contribution in [1.82, 2.24) is 9.80 Å². The number of nitrogens with zero attached hydrogens (tertiary/aromatic N) is 2. The van der Waals surface area contributed by atoms with Crippen LogP contribution in [0.3, 0.4) is 0 Å². The lowest BCUT2D eigenvalue weighted by Crippen LogP contribution is -2.51. The number of amides is 2. The first-order valence-electron chi connectivity index (χ1n) is 8.97. The summed E-state index contributed by atoms with van der Waals surface area (Å²) in [4.78, 5) is 28.2. The van der Waals surface area contributed by atoms with Gasteiger partial charge in [-0.05, 0) is 30.3 Å². The van der Waals surface area contributed by atoms with Crippen LogP contribution in [0.2, 0.25) is 0 Å². The van der Waals surface area contributed by atoms with Gasteiger partial charge in [-0.1, -0.05) is 34.1 Å². The van der Waals surface area contributed by atoms with Crippen molar-refractivity contribution in [2.75, 3.05) is 38.0 Å². The van der Waals surface area contributed by atoms with E-state index in [4.69, 9.17) is 0 Å². The molecule has 0 radical (unpaired) electrons. The van der Waals surface area contributed by atoms with Crippen molar-refractivity contribution < 1.29 is 22.8 Å². The monoisotopic (exact) mass is 469 g/mol. The van der Waals surface area contributed by atoms with E-state index in [2.05, 4.69) is 21.2 Å². The predicted molar refractivity (Wildman–Crippen MR) is 107 cm³/mol. The lowest BCUT2D eigenvalue weighted by molar-refractivity contribution is -0.148. The zero-order valence-electron chi connectivity index (χ0n) is 15.4. The van der Waals surface area contributed by atoms with E-state index in [1.165, 1.54) is 9.80 Å². The summed E-state index contributed by atoms with van der Waals surface area (Å²) in [6.45, 7) is -0.282. The van der Waals surface area contributed by atoms with Gasteiger partial charge in [-0.25, -0.2) is 0 Å². The van der Waals surface area contributed by atoms with Crippen LogP contribution < -0.4 is 5.32 Å². The van der Waals surface area contributed by atoms with Crippen molar-refractivity contribution in [3.8, 4) is 0 Å². The average Bonchev–Trinajstić information content (AvgIpc) is 2.67. The SMILES string of the molecule is O=C(Nc1ccccc1C(=O)N1CCN(CC(F)(F)F)CC1)c1cccc(Br)c1. The molecule has 1 aliphatic heterocycles. The van der Waals surface area contributed by atoms with Crippen LogP contribution in [-0.2, 0) is 0 Å². The van der Waals surface area contributed by atoms with E-state index >= 15 is 0 Å². The molecule has 0 bridgehead atoms. The van der Waals surface area contributed by atoms with E-state index in [1.54, 1.807) is 48.5 Å². The Kier molecular flexibility index (Phi) is 6.59. The standard InChI is InChI=1S/C20H19BrF3N3O2/c21-15-5-3-4-14(12-15)18(28)25-17-7-2-1-6-16(17)19(29)27-10-8-26(9-11-27)13-20(22,23)24/h1-7,12H,8-11,13H2,(H,25,28). The number of piperazine rings is 1. The van der Waals surface area contributed by atoms with Gasteiger partial charge in [-0.15, -0.1) is 0 Å². The molecule has 2 aromatic carbocycles. The van der Waals surface area contributed by atoms with E-state index in [0.29, 0.717) is 16.8 Å². The molecule has 0 aliphatic carbocycles. The lowest BCUT2D eigenvalue weighted by atomic mass is 10.1. The third-order valence-corrected chi connectivity index (χ3v) is 5.05. The molecule has 29 heavy (non-hydrogen) atoms. The Morgan fingerprint density at radius 2 is 1.69 bits per heavy atom. The van der Waals surface area contributed by atoms with Gasteiger partial charge in [0.05, 0.1) is 17.8 Å². The molecule has 3 rings (SSSR count). The van der Waals surface area contributed by atoms with Crippen LogP contribution in [0.25, 0.3) is 0 Å². The molecular weight excluding hydrogens is 451 g/mol. The maximum atomic E-state index is 12.9. The fraction of sp³-hybridized carbons (Fsp3) is 0.300. The first-order valence-corrected chi connectivity index (χ1v) is 9.76. The third kappa shape index (κ3) is 5.80. The van der Waals surface area contributed by atoms with Gasteiger partial charge < -0.3 is 10.2 Å². The summed E-state index contributed by atoms with van der Waals surface area (Å²) < 4.78 is 38.4. The van der Waals surface area contributed by atoms with E-state index in [-0.39, 0.29) is 38.0 Å². The highest BCUT2D eigenvalue weighted by molar-refractivity contribution is 9.10. The second-order valence-corrected chi connectivity index (χ2v) is 7.61. The molecule has 154 valence electrons. The number of halogens is 4. The maximum absolute atomic E-state index is 12.9. The minimum absolute atomic E-state index is 0.151. The van der Waals surface area contributed by atoms with Crippen molar-refractivity contribution in [1.29, 1.82) is 0 Å². The van der Waals surface area contributed by atoms with Crippen LogP contribution in [0, 0.1) is 0 Å². The summed E-state index contributed by atoms with van der Waals surface area (Å²) in [5, 5.41) is 2.75. The van der Waals surface area contributed by atoms with Gasteiger partial charge in [0, 0.05) is 36.2 Å². The second-order valence-electron chi connectivity index (χ2n) is 6.69. The Hall–Kier alpha value is -2.39. The fourth-order valence-corrected chi connectivity index (χ4v) is 3.54. The molecule has 0 spiro atoms. The van der Waals surface area contributed by atoms with Crippen molar-refractivity contribution in [2.24, 2.45) is 0 Å². The summed E-state index contributed by atoms with van der Waals surface area (Å²) in [5.41, 5.74) is 1.10. The third-order valence-electron chi connectivity index (χ3n) is 4.55. The number of benzene rings is 2. The highest BCUT2D eigenvalue weighted by Gasteiger charge is 2.33. The Labute approximate surface area is 174 Å². The van der Waals surface area contributed by atoms with Crippen molar-refractivity contribution in [3.05, 3.63) is 64.1 Å². The zero-order valence-corrected chi connectivity index (χ0v) is 17.0. The summed E-state index contributed by atoms with van der Waals surface area (Å²) in [6, 6.07) is 13.5. The maximum Gasteiger partial charge on any atom is 0.401 e. The molecular formula is C20H19BrF3N3O2. The van der Waals surface area contributed by atoms with E-state index in [0.717, 1.165) is 4.47 Å². The van der Waals surface area contributed by atoms with Gasteiger partial charge in [0.1, 0.15) is 0 Å². The molecule has 0 atom stereocenters. The smallest absolute Gasteiger partial charge is 0.336 e. The molecule has 1 aliphatic rings. The molecule has 2 aromatic rings. The van der Waals surface area contributed by atoms with Gasteiger partial charge in [-0.2, -0.15) is 13.2 Å². The Morgan fingerprint density at radius 3 is 2.34 bits per heavy atom. The molecule has 1 heterocycles. The number of para-hydroxylation sites is 1. The highest BCUT2D eigenvalue weighted by Crippen LogP contribution is 2.22. The number of alkyl halides is 3. The van der Waals surface area contributed by atoms with Crippen LogP contribution in [0.4, 0.5) is 18.9 Å². The van der Waals surface area contributed by atoms with Gasteiger partial charge in [0.15, 0.2) is 0 Å². The van der Waals surface area contributed by atoms with Crippen LogP contribution in [-0.4, -0.2) is 60.5 Å². The average molecular weight is 470 g/mol. The van der Waals surface area contributed by atoms with Crippen molar-refractivity contribution in [3.63, 3.8) is 0 Å². The summed E-state index contributed by atoms with van der Waals surface area (Å²) in [6.07, 6.45) is -4.25. The zero-order chi connectivity index (χ0) is 21.0. The summed E-state index contributed by atoms with van der Waals surface area (Å²) in [7, 11) is 0. The lowest BCUT2D eigenvalue weighted by Gasteiger charge is -2.35. The topological polar surface area (TPSA) is 52.7 Å². The van der Waals surface area contributed by atoms with Gasteiger partial charge in [0.2, 0.25) is 0 Å². The van der Waals surface area contributed by atoms with Crippen LogP contribution >= 0.6 is 15.9 Å². The molecule has 0 aromatic heterocycles. The number of nitrogens with one attached hydrogen (secondary N) is 1. The van der Waals surface area contributed by atoms with E-state index in [1.807, 2.05) is 0 Å². The van der Waals surface area contributed by atoms with Crippen molar-refractivity contribution >= 4 is 33.4 Å². The van der Waals surface area contributed by atoms with Gasteiger partial charge in [0.25, 0.3) is 11.8 Å². The first-order chi connectivity index (χ1) is 13.7. The minimum atomic E-state index is -4.25. The van der Waals surface area contributed by atoms with Crippen molar-refractivity contribution in [2.45, 2.75) is 6.18 Å². The predicted octanol–water partition coefficient (Wildman–Crippen LogP) is 4.02. The molecule has 2 amide bonds. The molecule has 0 saturated carbocycles. The van der Waals surface area contributed by atoms with E-state index in [9.17, 15) is 22.8 Å². The van der Waals surface area contributed by atoms with Crippen LogP contribution in [0.5, 0.6) is 0 Å². The largest absolute Gasteiger partial charge is 0.401 e. The molecule has 1 fully saturated rings. The highest BCUT2D eigenvalue weighted by atomic mass is 79.9. The minimum Gasteiger partial charge on any atom is -0.336 e. The molecule has 1 saturated heterocycles. The number of carbonyl (C=O) groups is 2. The number of hydrogen-bond donors (Lipinski definition) is 1. The Balaban J connectivity index is 1.69. The second kappa shape index (κ2) is 8.96. The molecule has 0 unspecified atom stereocenters. The fourth-order valence-electron chi connectivity index (χ4n) is 3.14. The first kappa shape index (κ1) is 21.3. The quantitative estimate of drug-likeness (QED) is 0.735. The van der Waals surface area contributed by atoms with E-state index < -0.39 is 12.7 Å². The summed E-state index contributed by atoms with van der Waals surface area (Å²) >= 11 is 3.31. The Bertz CT molecular complexity index is 897. The normalized spacial score (nSPS) is 15.2. The van der Waals surface area contributed by atoms with Gasteiger partial charge >= 0.3 is 6.18 Å². The van der Waals surface area contributed by atoms with Gasteiger partial charge in [-0.3, -0.25) is 14.5 Å². The number of hydrogen-bond acceptors (Lipinski definition) is 3. The molecule has 1 N–H and O–H groups in total. The van der Waals surface area contributed by atoms with Crippen LogP contribution in [0.1, 0.15) is 20.7 Å². The van der Waals surface area contributed by atoms with Crippen LogP contribution in [0.15, 0.2) is 53.0 Å². The molecule has 5 nitrogen and oxygen atoms in total. The number of carbonyl (C=O) groups excluding carboxylic acids is 2. The summed E-state index contributed by atoms with van der Waals surface area (Å²) in [5.74, 6) is -0.677. The number of anilines is 1. The molecule has 9 heteroatoms.